The average molecular weight is 208 g/mol. The largest absolute Gasteiger partial charge is 0.348 e. The number of rotatable bonds is 0. The van der Waals surface area contributed by atoms with Crippen molar-refractivity contribution in [2.75, 3.05) is 7.05 Å². The molecule has 1 aromatic heterocycles. The van der Waals surface area contributed by atoms with Crippen molar-refractivity contribution in [1.29, 1.82) is 0 Å². The SMILES string of the molecule is CCC.Cc1cc2n(c1)C[C@@H](C)N(C)C2. The molecule has 1 aromatic rings. The number of aromatic nitrogens is 1. The van der Waals surface area contributed by atoms with Crippen molar-refractivity contribution in [1.82, 2.24) is 9.47 Å². The highest BCUT2D eigenvalue weighted by Gasteiger charge is 2.18. The van der Waals surface area contributed by atoms with E-state index in [-0.39, 0.29) is 0 Å². The molecule has 2 heterocycles. The molecule has 0 fully saturated rings. The Balaban J connectivity index is 0.000000337. The Labute approximate surface area is 93.9 Å². The summed E-state index contributed by atoms with van der Waals surface area (Å²) in [5.74, 6) is 0. The molecule has 0 bridgehead atoms. The summed E-state index contributed by atoms with van der Waals surface area (Å²) in [5, 5.41) is 0. The van der Waals surface area contributed by atoms with Crippen LogP contribution in [-0.4, -0.2) is 22.6 Å². The zero-order valence-corrected chi connectivity index (χ0v) is 10.7. The topological polar surface area (TPSA) is 8.17 Å². The van der Waals surface area contributed by atoms with Crippen LogP contribution in [0, 0.1) is 6.92 Å². The first kappa shape index (κ1) is 12.3. The molecule has 0 unspecified atom stereocenters. The van der Waals surface area contributed by atoms with Crippen molar-refractivity contribution in [2.24, 2.45) is 0 Å². The summed E-state index contributed by atoms with van der Waals surface area (Å²) in [6.07, 6.45) is 3.50. The summed E-state index contributed by atoms with van der Waals surface area (Å²) < 4.78 is 2.38. The fourth-order valence-electron chi connectivity index (χ4n) is 1.85. The second-order valence-electron chi connectivity index (χ2n) is 4.63. The molecule has 15 heavy (non-hydrogen) atoms. The first-order valence-electron chi connectivity index (χ1n) is 5.94. The molecule has 86 valence electrons. The number of hydrogen-bond acceptors (Lipinski definition) is 1. The van der Waals surface area contributed by atoms with Gasteiger partial charge in [-0.15, -0.1) is 0 Å². The second-order valence-corrected chi connectivity index (χ2v) is 4.63. The third kappa shape index (κ3) is 3.10. The molecule has 0 aromatic carbocycles. The Morgan fingerprint density at radius 2 is 2.00 bits per heavy atom. The van der Waals surface area contributed by atoms with Crippen molar-refractivity contribution in [3.8, 4) is 0 Å². The smallest absolute Gasteiger partial charge is 0.0387 e. The fourth-order valence-corrected chi connectivity index (χ4v) is 1.85. The van der Waals surface area contributed by atoms with Gasteiger partial charge in [0, 0.05) is 31.0 Å². The highest BCUT2D eigenvalue weighted by Crippen LogP contribution is 2.17. The van der Waals surface area contributed by atoms with Crippen LogP contribution in [0.4, 0.5) is 0 Å². The number of aryl methyl sites for hydroxylation is 1. The van der Waals surface area contributed by atoms with Crippen LogP contribution in [0.15, 0.2) is 12.3 Å². The van der Waals surface area contributed by atoms with Gasteiger partial charge in [0.2, 0.25) is 0 Å². The lowest BCUT2D eigenvalue weighted by Gasteiger charge is -2.31. The Hall–Kier alpha value is -0.760. The molecule has 2 rings (SSSR count). The van der Waals surface area contributed by atoms with Crippen molar-refractivity contribution in [2.45, 2.75) is 53.2 Å². The maximum absolute atomic E-state index is 2.40. The predicted molar refractivity (Wildman–Crippen MR) is 66.1 cm³/mol. The number of nitrogens with zero attached hydrogens (tertiary/aromatic N) is 2. The van der Waals surface area contributed by atoms with Crippen LogP contribution in [0.25, 0.3) is 0 Å². The first-order chi connectivity index (χ1) is 7.08. The molecule has 0 saturated heterocycles. The molecule has 0 amide bonds. The van der Waals surface area contributed by atoms with E-state index in [1.54, 1.807) is 0 Å². The highest BCUT2D eigenvalue weighted by molar-refractivity contribution is 5.18. The third-order valence-corrected chi connectivity index (χ3v) is 2.75. The Bertz CT molecular complexity index is 274. The molecule has 2 nitrogen and oxygen atoms in total. The summed E-state index contributed by atoms with van der Waals surface area (Å²) in [6, 6.07) is 2.95. The summed E-state index contributed by atoms with van der Waals surface area (Å²) in [4.78, 5) is 2.40. The lowest BCUT2D eigenvalue weighted by molar-refractivity contribution is 0.192. The van der Waals surface area contributed by atoms with E-state index in [9.17, 15) is 0 Å². The van der Waals surface area contributed by atoms with Gasteiger partial charge in [-0.05, 0) is 32.5 Å². The average Bonchev–Trinajstić information content (AvgIpc) is 2.47. The van der Waals surface area contributed by atoms with E-state index < -0.39 is 0 Å². The molecule has 0 N–H and O–H groups in total. The van der Waals surface area contributed by atoms with Crippen LogP contribution < -0.4 is 0 Å². The zero-order valence-electron chi connectivity index (χ0n) is 10.7. The van der Waals surface area contributed by atoms with Crippen molar-refractivity contribution in [3.05, 3.63) is 23.5 Å². The minimum Gasteiger partial charge on any atom is -0.348 e. The normalized spacial score (nSPS) is 20.5. The van der Waals surface area contributed by atoms with Gasteiger partial charge in [0.25, 0.3) is 0 Å². The molecule has 0 aliphatic carbocycles. The maximum atomic E-state index is 2.40. The Morgan fingerprint density at radius 1 is 1.40 bits per heavy atom. The van der Waals surface area contributed by atoms with E-state index in [2.05, 4.69) is 56.5 Å². The van der Waals surface area contributed by atoms with Gasteiger partial charge in [0.1, 0.15) is 0 Å². The first-order valence-corrected chi connectivity index (χ1v) is 5.94. The van der Waals surface area contributed by atoms with Crippen LogP contribution in [-0.2, 0) is 13.1 Å². The van der Waals surface area contributed by atoms with E-state index in [0.29, 0.717) is 6.04 Å². The molecule has 2 heteroatoms. The van der Waals surface area contributed by atoms with Crippen LogP contribution >= 0.6 is 0 Å². The molecule has 0 saturated carbocycles. The lowest BCUT2D eigenvalue weighted by Crippen LogP contribution is -2.37. The quantitative estimate of drug-likeness (QED) is 0.636. The maximum Gasteiger partial charge on any atom is 0.0387 e. The van der Waals surface area contributed by atoms with E-state index in [1.165, 1.54) is 17.7 Å². The van der Waals surface area contributed by atoms with Crippen LogP contribution in [0.2, 0.25) is 0 Å². The molecule has 1 aliphatic heterocycles. The van der Waals surface area contributed by atoms with Gasteiger partial charge in [0.05, 0.1) is 0 Å². The lowest BCUT2D eigenvalue weighted by atomic mass is 10.2. The molecular weight excluding hydrogens is 184 g/mol. The molecule has 0 radical (unpaired) electrons. The summed E-state index contributed by atoms with van der Waals surface area (Å²) in [7, 11) is 2.19. The summed E-state index contributed by atoms with van der Waals surface area (Å²) in [6.45, 7) is 10.9. The molecule has 0 spiro atoms. The fraction of sp³-hybridized carbons (Fsp3) is 0.692. The molecule has 1 aliphatic rings. The minimum atomic E-state index is 0.671. The predicted octanol–water partition coefficient (Wildman–Crippen LogP) is 3.05. The molecule has 1 atom stereocenters. The van der Waals surface area contributed by atoms with Crippen molar-refractivity contribution in [3.63, 3.8) is 0 Å². The summed E-state index contributed by atoms with van der Waals surface area (Å²) in [5.41, 5.74) is 2.83. The Kier molecular flexibility index (Phi) is 4.40. The van der Waals surface area contributed by atoms with Crippen molar-refractivity contribution >= 4 is 0 Å². The Morgan fingerprint density at radius 3 is 2.60 bits per heavy atom. The van der Waals surface area contributed by atoms with Crippen LogP contribution in [0.3, 0.4) is 0 Å². The van der Waals surface area contributed by atoms with Gasteiger partial charge in [-0.25, -0.2) is 0 Å². The van der Waals surface area contributed by atoms with Crippen LogP contribution in [0.1, 0.15) is 38.4 Å². The van der Waals surface area contributed by atoms with Gasteiger partial charge in [-0.3, -0.25) is 4.90 Å². The van der Waals surface area contributed by atoms with Crippen LogP contribution in [0.5, 0.6) is 0 Å². The van der Waals surface area contributed by atoms with Crippen molar-refractivity contribution < 1.29 is 0 Å². The third-order valence-electron chi connectivity index (χ3n) is 2.75. The molecular formula is C13H24N2. The van der Waals surface area contributed by atoms with E-state index >= 15 is 0 Å². The minimum absolute atomic E-state index is 0.671. The number of fused-ring (bicyclic) bond motifs is 1. The summed E-state index contributed by atoms with van der Waals surface area (Å²) >= 11 is 0. The van der Waals surface area contributed by atoms with E-state index in [1.807, 2.05) is 0 Å². The van der Waals surface area contributed by atoms with Gasteiger partial charge >= 0.3 is 0 Å². The van der Waals surface area contributed by atoms with Gasteiger partial charge in [0.15, 0.2) is 0 Å². The monoisotopic (exact) mass is 208 g/mol. The zero-order chi connectivity index (χ0) is 11.4. The van der Waals surface area contributed by atoms with Gasteiger partial charge in [-0.1, -0.05) is 20.3 Å². The standard InChI is InChI=1S/C10H16N2.C3H8/c1-8-4-10-7-11(3)9(2)6-12(10)5-8;1-3-2/h4-5,9H,6-7H2,1-3H3;3H2,1-2H3/t9-;/m1./s1. The van der Waals surface area contributed by atoms with E-state index in [4.69, 9.17) is 0 Å². The van der Waals surface area contributed by atoms with Gasteiger partial charge < -0.3 is 4.57 Å². The van der Waals surface area contributed by atoms with Gasteiger partial charge in [-0.2, -0.15) is 0 Å². The highest BCUT2D eigenvalue weighted by atomic mass is 15.2. The van der Waals surface area contributed by atoms with E-state index in [0.717, 1.165) is 13.1 Å². The number of hydrogen-bond donors (Lipinski definition) is 0. The number of likely N-dealkylation sites (N-methyl/N-ethyl adjacent to an activating group) is 1. The second kappa shape index (κ2) is 5.36.